The summed E-state index contributed by atoms with van der Waals surface area (Å²) in [6, 6.07) is 36.6. The summed E-state index contributed by atoms with van der Waals surface area (Å²) >= 11 is 1.88. The number of fused-ring (bicyclic) bond motifs is 11. The van der Waals surface area contributed by atoms with Crippen LogP contribution in [0.1, 0.15) is 0 Å². The van der Waals surface area contributed by atoms with E-state index >= 15 is 0 Å². The van der Waals surface area contributed by atoms with Gasteiger partial charge >= 0.3 is 0 Å². The predicted octanol–water partition coefficient (Wildman–Crippen LogP) is 8.81. The van der Waals surface area contributed by atoms with Crippen LogP contribution in [0.5, 0.6) is 0 Å². The van der Waals surface area contributed by atoms with E-state index in [0.29, 0.717) is 0 Å². The van der Waals surface area contributed by atoms with E-state index < -0.39 is 0 Å². The lowest BCUT2D eigenvalue weighted by Crippen LogP contribution is -1.88. The molecule has 4 heterocycles. The van der Waals surface area contributed by atoms with E-state index in [1.807, 2.05) is 23.5 Å². The first-order chi connectivity index (χ1) is 17.9. The van der Waals surface area contributed by atoms with Gasteiger partial charge in [-0.05, 0) is 35.4 Å². The maximum Gasteiger partial charge on any atom is 0.165 e. The smallest absolute Gasteiger partial charge is 0.165 e. The van der Waals surface area contributed by atoms with Crippen LogP contribution in [0.3, 0.4) is 0 Å². The maximum absolute atomic E-state index is 5.20. The predicted molar refractivity (Wildman–Crippen MR) is 153 cm³/mol. The highest BCUT2D eigenvalue weighted by Gasteiger charge is 2.24. The zero-order valence-electron chi connectivity index (χ0n) is 19.1. The van der Waals surface area contributed by atoms with Crippen LogP contribution in [-0.2, 0) is 0 Å². The van der Waals surface area contributed by atoms with Gasteiger partial charge in [0, 0.05) is 36.3 Å². The highest BCUT2D eigenvalue weighted by Crippen LogP contribution is 2.48. The number of benzene rings is 5. The van der Waals surface area contributed by atoms with Crippen molar-refractivity contribution in [2.45, 2.75) is 0 Å². The zero-order valence-corrected chi connectivity index (χ0v) is 19.9. The van der Waals surface area contributed by atoms with Crippen molar-refractivity contribution in [1.29, 1.82) is 0 Å². The van der Waals surface area contributed by atoms with Gasteiger partial charge in [-0.25, -0.2) is 9.97 Å². The number of para-hydroxylation sites is 3. The first-order valence-electron chi connectivity index (χ1n) is 12.1. The molecule has 0 saturated heterocycles. The molecule has 4 aromatic heterocycles. The summed E-state index contributed by atoms with van der Waals surface area (Å²) in [6.07, 6.45) is 0. The van der Waals surface area contributed by atoms with Gasteiger partial charge in [0.25, 0.3) is 0 Å². The van der Waals surface area contributed by atoms with E-state index in [2.05, 4.69) is 95.4 Å². The first-order valence-corrected chi connectivity index (χ1v) is 12.9. The Bertz CT molecular complexity index is 2310. The number of hydrogen-bond acceptors (Lipinski definition) is 3. The number of aromatic nitrogens is 3. The Kier molecular flexibility index (Phi) is 3.42. The topological polar surface area (TPSA) is 30.2 Å². The number of hydrogen-bond donors (Lipinski definition) is 0. The molecule has 9 aromatic rings. The Hall–Kier alpha value is -4.54. The lowest BCUT2D eigenvalue weighted by Gasteiger charge is -2.02. The fourth-order valence-corrected chi connectivity index (χ4v) is 7.34. The summed E-state index contributed by atoms with van der Waals surface area (Å²) < 4.78 is 4.94. The van der Waals surface area contributed by atoms with E-state index in [-0.39, 0.29) is 0 Å². The molecule has 166 valence electrons. The minimum absolute atomic E-state index is 0.925. The fourth-order valence-electron chi connectivity index (χ4n) is 5.98. The molecule has 0 bridgehead atoms. The average Bonchev–Trinajstić information content (AvgIpc) is 3.58. The van der Waals surface area contributed by atoms with Gasteiger partial charge < -0.3 is 0 Å². The van der Waals surface area contributed by atoms with E-state index in [0.717, 1.165) is 22.2 Å². The van der Waals surface area contributed by atoms with Crippen molar-refractivity contribution < 1.29 is 0 Å². The van der Waals surface area contributed by atoms with Crippen LogP contribution in [0.2, 0.25) is 0 Å². The van der Waals surface area contributed by atoms with E-state index in [9.17, 15) is 0 Å². The Morgan fingerprint density at radius 3 is 2.22 bits per heavy atom. The number of nitrogens with zero attached hydrogens (tertiary/aromatic N) is 3. The third kappa shape index (κ3) is 2.23. The Morgan fingerprint density at radius 1 is 0.583 bits per heavy atom. The summed E-state index contributed by atoms with van der Waals surface area (Å²) in [5, 5.41) is 6.33. The van der Waals surface area contributed by atoms with Crippen molar-refractivity contribution in [3.63, 3.8) is 0 Å². The van der Waals surface area contributed by atoms with Crippen molar-refractivity contribution in [3.05, 3.63) is 103 Å². The summed E-state index contributed by atoms with van der Waals surface area (Å²) in [6.45, 7) is 0. The second kappa shape index (κ2) is 6.56. The molecule has 9 rings (SSSR count). The molecular weight excluding hydrogens is 458 g/mol. The van der Waals surface area contributed by atoms with Gasteiger partial charge in [0.2, 0.25) is 0 Å². The summed E-state index contributed by atoms with van der Waals surface area (Å²) in [5.41, 5.74) is 8.71. The molecule has 3 nitrogen and oxygen atoms in total. The molecule has 0 radical (unpaired) electrons. The summed E-state index contributed by atoms with van der Waals surface area (Å²) in [5.74, 6) is 0. The molecule has 4 heteroatoms. The van der Waals surface area contributed by atoms with Crippen LogP contribution in [-0.4, -0.2) is 14.4 Å². The molecule has 0 atom stereocenters. The molecule has 0 aliphatic carbocycles. The molecule has 0 aliphatic rings. The zero-order chi connectivity index (χ0) is 23.4. The molecule has 0 spiro atoms. The molecular formula is C32H17N3S. The number of thiophene rings is 1. The third-order valence-corrected chi connectivity index (χ3v) is 8.78. The van der Waals surface area contributed by atoms with Gasteiger partial charge in [0.15, 0.2) is 5.65 Å². The summed E-state index contributed by atoms with van der Waals surface area (Å²) in [4.78, 5) is 10.3. The molecule has 0 amide bonds. The standard InChI is InChI=1S/C32H17N3S/c1-2-9-18(10-3-1)19-12-8-13-21-23-17-22-20-11-4-7-16-26(20)35-29(22)27(31(23)36-30(19)21)28-32(35)34-25-15-6-5-14-24(25)33-28/h1-17H. The van der Waals surface area contributed by atoms with Crippen LogP contribution >= 0.6 is 11.3 Å². The van der Waals surface area contributed by atoms with Crippen LogP contribution < -0.4 is 0 Å². The highest BCUT2D eigenvalue weighted by atomic mass is 32.1. The average molecular weight is 476 g/mol. The van der Waals surface area contributed by atoms with Gasteiger partial charge in [0.1, 0.15) is 5.52 Å². The minimum Gasteiger partial charge on any atom is -0.291 e. The Labute approximate surface area is 209 Å². The van der Waals surface area contributed by atoms with Gasteiger partial charge in [-0.2, -0.15) is 0 Å². The summed E-state index contributed by atoms with van der Waals surface area (Å²) in [7, 11) is 0. The second-order valence-electron chi connectivity index (χ2n) is 9.41. The molecule has 0 saturated carbocycles. The largest absolute Gasteiger partial charge is 0.291 e. The maximum atomic E-state index is 5.20. The second-order valence-corrected chi connectivity index (χ2v) is 10.4. The van der Waals surface area contributed by atoms with Gasteiger partial charge in [-0.15, -0.1) is 11.3 Å². The molecule has 5 aromatic carbocycles. The molecule has 0 aliphatic heterocycles. The van der Waals surface area contributed by atoms with Crippen molar-refractivity contribution in [3.8, 4) is 11.1 Å². The van der Waals surface area contributed by atoms with Gasteiger partial charge in [-0.3, -0.25) is 4.40 Å². The molecule has 0 N–H and O–H groups in total. The molecule has 0 unspecified atom stereocenters. The van der Waals surface area contributed by atoms with Crippen LogP contribution in [0.25, 0.3) is 80.7 Å². The van der Waals surface area contributed by atoms with E-state index in [1.165, 1.54) is 58.5 Å². The Morgan fingerprint density at radius 2 is 1.33 bits per heavy atom. The fraction of sp³-hybridized carbons (Fsp3) is 0. The lowest BCUT2D eigenvalue weighted by atomic mass is 10.0. The normalized spacial score (nSPS) is 12.4. The van der Waals surface area contributed by atoms with Crippen molar-refractivity contribution in [2.24, 2.45) is 0 Å². The van der Waals surface area contributed by atoms with Crippen molar-refractivity contribution in [1.82, 2.24) is 14.4 Å². The van der Waals surface area contributed by atoms with Crippen LogP contribution in [0.4, 0.5) is 0 Å². The lowest BCUT2D eigenvalue weighted by molar-refractivity contribution is 1.28. The molecule has 36 heavy (non-hydrogen) atoms. The van der Waals surface area contributed by atoms with E-state index in [4.69, 9.17) is 9.97 Å². The molecule has 0 fully saturated rings. The minimum atomic E-state index is 0.925. The highest BCUT2D eigenvalue weighted by molar-refractivity contribution is 7.27. The van der Waals surface area contributed by atoms with Crippen LogP contribution in [0.15, 0.2) is 103 Å². The first kappa shape index (κ1) is 18.7. The van der Waals surface area contributed by atoms with Gasteiger partial charge in [-0.1, -0.05) is 78.9 Å². The third-order valence-electron chi connectivity index (χ3n) is 7.51. The van der Waals surface area contributed by atoms with E-state index in [1.54, 1.807) is 0 Å². The van der Waals surface area contributed by atoms with Crippen LogP contribution in [0, 0.1) is 0 Å². The number of rotatable bonds is 1. The van der Waals surface area contributed by atoms with Crippen molar-refractivity contribution in [2.75, 3.05) is 0 Å². The SMILES string of the molecule is c1ccc(-c2cccc3c2sc2c3cc3c4ccccc4n4c5nc6ccccc6nc5c2c34)cc1. The van der Waals surface area contributed by atoms with Crippen molar-refractivity contribution >= 4 is 80.9 Å². The monoisotopic (exact) mass is 475 g/mol. The Balaban J connectivity index is 1.58. The quantitative estimate of drug-likeness (QED) is 0.237. The van der Waals surface area contributed by atoms with Gasteiger partial charge in [0.05, 0.1) is 22.1 Å².